The number of hydrogen-bond donors (Lipinski definition) is 0. The molecule has 1 aromatic rings. The van der Waals surface area contributed by atoms with Gasteiger partial charge in [0.05, 0.1) is 0 Å². The maximum absolute atomic E-state index is 4.02. The summed E-state index contributed by atoms with van der Waals surface area (Å²) < 4.78 is 0. The Bertz CT molecular complexity index is 370. The number of aryl methyl sites for hydroxylation is 1. The summed E-state index contributed by atoms with van der Waals surface area (Å²) in [5.74, 6) is 0. The second kappa shape index (κ2) is 7.83. The highest BCUT2D eigenvalue weighted by Gasteiger charge is 1.92. The van der Waals surface area contributed by atoms with Crippen molar-refractivity contribution >= 4 is 0 Å². The Morgan fingerprint density at radius 2 is 1.76 bits per heavy atom. The van der Waals surface area contributed by atoms with Crippen molar-refractivity contribution < 1.29 is 0 Å². The quantitative estimate of drug-likeness (QED) is 0.644. The fourth-order valence-corrected chi connectivity index (χ4v) is 1.73. The van der Waals surface area contributed by atoms with Gasteiger partial charge in [0.1, 0.15) is 0 Å². The number of pyridine rings is 1. The fourth-order valence-electron chi connectivity index (χ4n) is 1.73. The van der Waals surface area contributed by atoms with Crippen LogP contribution in [0.25, 0.3) is 0 Å². The highest BCUT2D eigenvalue weighted by molar-refractivity contribution is 5.11. The zero-order chi connectivity index (χ0) is 12.5. The summed E-state index contributed by atoms with van der Waals surface area (Å²) in [4.78, 5) is 4.02. The maximum atomic E-state index is 4.02. The predicted molar refractivity (Wildman–Crippen MR) is 75.0 cm³/mol. The molecule has 1 heterocycles. The van der Waals surface area contributed by atoms with E-state index in [1.807, 2.05) is 12.4 Å². The van der Waals surface area contributed by atoms with E-state index in [1.165, 1.54) is 29.6 Å². The van der Waals surface area contributed by atoms with Gasteiger partial charge in [-0.2, -0.15) is 0 Å². The first-order valence-electron chi connectivity index (χ1n) is 6.36. The summed E-state index contributed by atoms with van der Waals surface area (Å²) in [6, 6.07) is 4.18. The van der Waals surface area contributed by atoms with Crippen LogP contribution in [0.4, 0.5) is 0 Å². The van der Waals surface area contributed by atoms with Crippen molar-refractivity contribution in [3.05, 3.63) is 53.4 Å². The molecular weight excluding hydrogens is 206 g/mol. The lowest BCUT2D eigenvalue weighted by Gasteiger charge is -2.00. The van der Waals surface area contributed by atoms with Crippen LogP contribution in [0.2, 0.25) is 0 Å². The molecule has 0 fully saturated rings. The fraction of sp³-hybridized carbons (Fsp3) is 0.438. The van der Waals surface area contributed by atoms with Gasteiger partial charge in [-0.15, -0.1) is 0 Å². The average molecular weight is 229 g/mol. The lowest BCUT2D eigenvalue weighted by atomic mass is 10.1. The minimum absolute atomic E-state index is 1.11. The molecule has 1 aromatic heterocycles. The first-order valence-corrected chi connectivity index (χ1v) is 6.36. The molecule has 92 valence electrons. The topological polar surface area (TPSA) is 12.9 Å². The maximum Gasteiger partial charge on any atom is 0.0270 e. The van der Waals surface area contributed by atoms with E-state index in [0.717, 1.165) is 12.8 Å². The van der Waals surface area contributed by atoms with Gasteiger partial charge >= 0.3 is 0 Å². The highest BCUT2D eigenvalue weighted by Crippen LogP contribution is 2.09. The van der Waals surface area contributed by atoms with Crippen LogP contribution in [0.5, 0.6) is 0 Å². The smallest absolute Gasteiger partial charge is 0.0270 e. The van der Waals surface area contributed by atoms with E-state index in [4.69, 9.17) is 0 Å². The van der Waals surface area contributed by atoms with E-state index in [0.29, 0.717) is 0 Å². The van der Waals surface area contributed by atoms with Crippen LogP contribution in [-0.2, 0) is 6.42 Å². The number of rotatable bonds is 6. The van der Waals surface area contributed by atoms with Gasteiger partial charge in [-0.05, 0) is 64.2 Å². The lowest BCUT2D eigenvalue weighted by Crippen LogP contribution is -1.84. The highest BCUT2D eigenvalue weighted by atomic mass is 14.6. The van der Waals surface area contributed by atoms with E-state index in [9.17, 15) is 0 Å². The van der Waals surface area contributed by atoms with Gasteiger partial charge in [0.15, 0.2) is 0 Å². The molecule has 0 aliphatic heterocycles. The zero-order valence-electron chi connectivity index (χ0n) is 11.2. The summed E-state index contributed by atoms with van der Waals surface area (Å²) in [6.45, 7) is 6.54. The van der Waals surface area contributed by atoms with Crippen molar-refractivity contribution in [1.29, 1.82) is 0 Å². The van der Waals surface area contributed by atoms with E-state index in [-0.39, 0.29) is 0 Å². The van der Waals surface area contributed by atoms with Crippen LogP contribution in [0, 0.1) is 0 Å². The first-order chi connectivity index (χ1) is 8.18. The third kappa shape index (κ3) is 6.72. The van der Waals surface area contributed by atoms with Crippen LogP contribution >= 0.6 is 0 Å². The van der Waals surface area contributed by atoms with Crippen LogP contribution in [0.1, 0.15) is 45.6 Å². The number of allylic oxidation sites excluding steroid dienone is 4. The van der Waals surface area contributed by atoms with Crippen LogP contribution < -0.4 is 0 Å². The summed E-state index contributed by atoms with van der Waals surface area (Å²) >= 11 is 0. The van der Waals surface area contributed by atoms with Crippen molar-refractivity contribution in [3.8, 4) is 0 Å². The molecule has 0 saturated carbocycles. The van der Waals surface area contributed by atoms with Gasteiger partial charge in [-0.3, -0.25) is 4.98 Å². The SMILES string of the molecule is CC(C)=CCC/C(C)=C/CCc1ccncc1. The molecule has 0 bridgehead atoms. The molecule has 0 aliphatic rings. The molecular formula is C16H23N. The summed E-state index contributed by atoms with van der Waals surface area (Å²) in [6.07, 6.45) is 13.0. The van der Waals surface area contributed by atoms with E-state index < -0.39 is 0 Å². The molecule has 0 spiro atoms. The van der Waals surface area contributed by atoms with Crippen molar-refractivity contribution in [2.24, 2.45) is 0 Å². The molecule has 1 heteroatoms. The number of hydrogen-bond acceptors (Lipinski definition) is 1. The summed E-state index contributed by atoms with van der Waals surface area (Å²) in [5, 5.41) is 0. The third-order valence-corrected chi connectivity index (χ3v) is 2.77. The van der Waals surface area contributed by atoms with Gasteiger partial charge in [-0.25, -0.2) is 0 Å². The molecule has 0 aromatic carbocycles. The van der Waals surface area contributed by atoms with E-state index in [2.05, 4.69) is 50.0 Å². The normalized spacial score (nSPS) is 11.4. The molecule has 0 aliphatic carbocycles. The third-order valence-electron chi connectivity index (χ3n) is 2.77. The average Bonchev–Trinajstić information content (AvgIpc) is 2.30. The zero-order valence-corrected chi connectivity index (χ0v) is 11.2. The predicted octanol–water partition coefficient (Wildman–Crippen LogP) is 4.71. The lowest BCUT2D eigenvalue weighted by molar-refractivity contribution is 0.924. The van der Waals surface area contributed by atoms with Crippen molar-refractivity contribution in [3.63, 3.8) is 0 Å². The van der Waals surface area contributed by atoms with Crippen LogP contribution in [-0.4, -0.2) is 4.98 Å². The second-order valence-electron chi connectivity index (χ2n) is 4.76. The summed E-state index contributed by atoms with van der Waals surface area (Å²) in [5.41, 5.74) is 4.28. The largest absolute Gasteiger partial charge is 0.265 e. The van der Waals surface area contributed by atoms with Gasteiger partial charge in [0, 0.05) is 12.4 Å². The van der Waals surface area contributed by atoms with Gasteiger partial charge in [0.2, 0.25) is 0 Å². The van der Waals surface area contributed by atoms with Gasteiger partial charge in [0.25, 0.3) is 0 Å². The van der Waals surface area contributed by atoms with Crippen molar-refractivity contribution in [1.82, 2.24) is 4.98 Å². The molecule has 17 heavy (non-hydrogen) atoms. The molecule has 0 unspecified atom stereocenters. The molecule has 1 rings (SSSR count). The number of aromatic nitrogens is 1. The summed E-state index contributed by atoms with van der Waals surface area (Å²) in [7, 11) is 0. The second-order valence-corrected chi connectivity index (χ2v) is 4.76. The Hall–Kier alpha value is -1.37. The molecule has 0 amide bonds. The number of nitrogens with zero attached hydrogens (tertiary/aromatic N) is 1. The molecule has 0 atom stereocenters. The Balaban J connectivity index is 2.26. The Morgan fingerprint density at radius 1 is 1.06 bits per heavy atom. The van der Waals surface area contributed by atoms with Gasteiger partial charge in [-0.1, -0.05) is 23.3 Å². The van der Waals surface area contributed by atoms with Gasteiger partial charge < -0.3 is 0 Å². The van der Waals surface area contributed by atoms with Crippen LogP contribution in [0.3, 0.4) is 0 Å². The molecule has 1 nitrogen and oxygen atoms in total. The van der Waals surface area contributed by atoms with E-state index in [1.54, 1.807) is 0 Å². The standard InChI is InChI=1S/C16H23N/c1-14(2)6-4-7-15(3)8-5-9-16-10-12-17-13-11-16/h6,8,10-13H,4-5,7,9H2,1-3H3/b15-8+. The monoisotopic (exact) mass is 229 g/mol. The minimum atomic E-state index is 1.11. The Morgan fingerprint density at radius 3 is 2.41 bits per heavy atom. The Kier molecular flexibility index (Phi) is 6.31. The Labute approximate surface area is 105 Å². The van der Waals surface area contributed by atoms with Crippen molar-refractivity contribution in [2.75, 3.05) is 0 Å². The van der Waals surface area contributed by atoms with Crippen molar-refractivity contribution in [2.45, 2.75) is 46.5 Å². The molecule has 0 radical (unpaired) electrons. The molecule has 0 N–H and O–H groups in total. The minimum Gasteiger partial charge on any atom is -0.265 e. The van der Waals surface area contributed by atoms with E-state index >= 15 is 0 Å². The van der Waals surface area contributed by atoms with Crippen LogP contribution in [0.15, 0.2) is 47.8 Å². The first kappa shape index (κ1) is 13.7. The molecule has 0 saturated heterocycles.